The van der Waals surface area contributed by atoms with Crippen molar-refractivity contribution in [1.82, 2.24) is 10.6 Å². The van der Waals surface area contributed by atoms with E-state index >= 15 is 0 Å². The van der Waals surface area contributed by atoms with Crippen molar-refractivity contribution in [2.24, 2.45) is 4.99 Å². The first-order valence-electron chi connectivity index (χ1n) is 5.13. The van der Waals surface area contributed by atoms with E-state index in [0.29, 0.717) is 21.8 Å². The van der Waals surface area contributed by atoms with Crippen LogP contribution in [0.4, 0.5) is 5.69 Å². The van der Waals surface area contributed by atoms with E-state index in [-0.39, 0.29) is 17.5 Å². The zero-order valence-electron chi connectivity index (χ0n) is 10.3. The van der Waals surface area contributed by atoms with Crippen molar-refractivity contribution in [1.29, 1.82) is 0 Å². The minimum atomic E-state index is -0.345. The fourth-order valence-corrected chi connectivity index (χ4v) is 5.83. The van der Waals surface area contributed by atoms with Gasteiger partial charge in [0.1, 0.15) is 5.69 Å². The number of hydrogen-bond acceptors (Lipinski definition) is 4. The molecule has 0 heterocycles. The molecule has 0 bridgehead atoms. The second-order valence-electron chi connectivity index (χ2n) is 3.40. The summed E-state index contributed by atoms with van der Waals surface area (Å²) in [6, 6.07) is 0. The predicted molar refractivity (Wildman–Crippen MR) is 99.2 cm³/mol. The first kappa shape index (κ1) is 17.8. The minimum Gasteiger partial charge on any atom is -0.355 e. The number of carbonyl (C=O) groups excluding carboxylic acids is 3. The first-order chi connectivity index (χ1) is 9.40. The normalized spacial score (nSPS) is 9.65. The molecule has 1 rings (SSSR count). The fourth-order valence-electron chi connectivity index (χ4n) is 1.44. The lowest BCUT2D eigenvalue weighted by atomic mass is 10.1. The largest absolute Gasteiger partial charge is 0.355 e. The molecule has 0 spiro atoms. The average Bonchev–Trinajstić information content (AvgIpc) is 2.42. The molecular formula is C11H8I3N3O3. The van der Waals surface area contributed by atoms with Gasteiger partial charge in [-0.25, -0.2) is 4.79 Å². The molecule has 0 unspecified atom stereocenters. The SMILES string of the molecule is CNC(=O)c1c(I)c(N=C=O)c(I)c(C(=O)NC)c1I. The quantitative estimate of drug-likeness (QED) is 0.313. The monoisotopic (exact) mass is 611 g/mol. The molecule has 0 aliphatic rings. The van der Waals surface area contributed by atoms with Crippen LogP contribution >= 0.6 is 67.8 Å². The average molecular weight is 611 g/mol. The van der Waals surface area contributed by atoms with Crippen molar-refractivity contribution < 1.29 is 14.4 Å². The van der Waals surface area contributed by atoms with E-state index < -0.39 is 0 Å². The Morgan fingerprint density at radius 3 is 1.65 bits per heavy atom. The van der Waals surface area contributed by atoms with E-state index in [1.165, 1.54) is 20.2 Å². The van der Waals surface area contributed by atoms with Gasteiger partial charge in [0.25, 0.3) is 11.8 Å². The number of nitrogens with zero attached hydrogens (tertiary/aromatic N) is 1. The molecule has 0 aromatic heterocycles. The van der Waals surface area contributed by atoms with Gasteiger partial charge in [-0.3, -0.25) is 9.59 Å². The van der Waals surface area contributed by atoms with Crippen LogP contribution in [-0.2, 0) is 4.79 Å². The molecule has 6 nitrogen and oxygen atoms in total. The Labute approximate surface area is 156 Å². The molecule has 1 aromatic carbocycles. The third kappa shape index (κ3) is 3.31. The van der Waals surface area contributed by atoms with Gasteiger partial charge in [0.15, 0.2) is 0 Å². The van der Waals surface area contributed by atoms with Crippen LogP contribution in [-0.4, -0.2) is 32.0 Å². The molecule has 2 N–H and O–H groups in total. The lowest BCUT2D eigenvalue weighted by Crippen LogP contribution is -2.26. The molecule has 9 heteroatoms. The van der Waals surface area contributed by atoms with Gasteiger partial charge in [-0.15, -0.1) is 0 Å². The van der Waals surface area contributed by atoms with E-state index in [2.05, 4.69) is 15.6 Å². The molecule has 106 valence electrons. The predicted octanol–water partition coefficient (Wildman–Crippen LogP) is 2.19. The molecule has 0 saturated carbocycles. The Balaban J connectivity index is 3.87. The van der Waals surface area contributed by atoms with Gasteiger partial charge in [0, 0.05) is 17.7 Å². The Hall–Kier alpha value is -0.270. The van der Waals surface area contributed by atoms with Gasteiger partial charge < -0.3 is 10.6 Å². The van der Waals surface area contributed by atoms with Gasteiger partial charge in [-0.2, -0.15) is 4.99 Å². The van der Waals surface area contributed by atoms with Crippen LogP contribution in [0.2, 0.25) is 0 Å². The molecule has 0 radical (unpaired) electrons. The van der Waals surface area contributed by atoms with Crippen LogP contribution in [0.3, 0.4) is 0 Å². The van der Waals surface area contributed by atoms with Crippen molar-refractivity contribution in [3.05, 3.63) is 21.8 Å². The van der Waals surface area contributed by atoms with Crippen LogP contribution in [0, 0.1) is 10.7 Å². The van der Waals surface area contributed by atoms with E-state index in [0.717, 1.165) is 0 Å². The highest BCUT2D eigenvalue weighted by atomic mass is 127. The van der Waals surface area contributed by atoms with Gasteiger partial charge >= 0.3 is 0 Å². The number of carbonyl (C=O) groups is 2. The van der Waals surface area contributed by atoms with Crippen molar-refractivity contribution in [3.8, 4) is 0 Å². The van der Waals surface area contributed by atoms with E-state index in [1.54, 1.807) is 0 Å². The van der Waals surface area contributed by atoms with E-state index in [1.807, 2.05) is 67.8 Å². The maximum absolute atomic E-state index is 12.0. The van der Waals surface area contributed by atoms with E-state index in [4.69, 9.17) is 0 Å². The summed E-state index contributed by atoms with van der Waals surface area (Å²) < 4.78 is 1.53. The summed E-state index contributed by atoms with van der Waals surface area (Å²) in [6.45, 7) is 0. The number of benzene rings is 1. The molecule has 0 saturated heterocycles. The standard InChI is InChI=1S/C11H8I3N3O3/c1-15-10(19)4-6(12)5(11(20)16-2)8(14)9(7(4)13)17-3-18/h1-2H3,(H,15,19)(H,16,20). The molecule has 0 aliphatic heterocycles. The minimum absolute atomic E-state index is 0.277. The highest BCUT2D eigenvalue weighted by Crippen LogP contribution is 2.37. The van der Waals surface area contributed by atoms with Gasteiger partial charge in [-0.1, -0.05) is 0 Å². The fraction of sp³-hybridized carbons (Fsp3) is 0.182. The summed E-state index contributed by atoms with van der Waals surface area (Å²) in [5.74, 6) is -0.689. The van der Waals surface area contributed by atoms with Crippen molar-refractivity contribution in [3.63, 3.8) is 0 Å². The third-order valence-corrected chi connectivity index (χ3v) is 5.54. The molecular weight excluding hydrogens is 603 g/mol. The number of amides is 2. The third-order valence-electron chi connectivity index (χ3n) is 2.36. The van der Waals surface area contributed by atoms with Crippen LogP contribution < -0.4 is 10.6 Å². The maximum Gasteiger partial charge on any atom is 0.253 e. The number of isocyanates is 1. The Kier molecular flexibility index (Phi) is 6.81. The molecule has 0 fully saturated rings. The summed E-state index contributed by atoms with van der Waals surface area (Å²) >= 11 is 5.81. The number of rotatable bonds is 3. The number of hydrogen-bond donors (Lipinski definition) is 2. The Bertz CT molecular complexity index is 597. The van der Waals surface area contributed by atoms with Gasteiger partial charge in [-0.05, 0) is 67.8 Å². The lowest BCUT2D eigenvalue weighted by Gasteiger charge is -2.15. The summed E-state index contributed by atoms with van der Waals surface area (Å²) in [5, 5.41) is 5.03. The summed E-state index contributed by atoms with van der Waals surface area (Å²) in [7, 11) is 2.99. The molecule has 20 heavy (non-hydrogen) atoms. The van der Waals surface area contributed by atoms with Crippen molar-refractivity contribution in [2.45, 2.75) is 0 Å². The Morgan fingerprint density at radius 1 is 0.950 bits per heavy atom. The summed E-state index contributed by atoms with van der Waals surface area (Å²) in [5.41, 5.74) is 0.919. The second-order valence-corrected chi connectivity index (χ2v) is 6.64. The van der Waals surface area contributed by atoms with Gasteiger partial charge in [0.05, 0.1) is 18.3 Å². The zero-order chi connectivity index (χ0) is 15.4. The molecule has 1 aromatic rings. The summed E-state index contributed by atoms with van der Waals surface area (Å²) in [6.07, 6.45) is 1.45. The lowest BCUT2D eigenvalue weighted by molar-refractivity contribution is 0.0961. The smallest absolute Gasteiger partial charge is 0.253 e. The van der Waals surface area contributed by atoms with Crippen LogP contribution in [0.25, 0.3) is 0 Å². The number of halogens is 3. The second kappa shape index (κ2) is 7.66. The van der Waals surface area contributed by atoms with Crippen LogP contribution in [0.5, 0.6) is 0 Å². The number of aliphatic imine (C=N–C) groups is 1. The number of nitrogens with one attached hydrogen (secondary N) is 2. The van der Waals surface area contributed by atoms with Gasteiger partial charge in [0.2, 0.25) is 6.08 Å². The topological polar surface area (TPSA) is 87.6 Å². The zero-order valence-corrected chi connectivity index (χ0v) is 16.8. The van der Waals surface area contributed by atoms with Crippen LogP contribution in [0.1, 0.15) is 20.7 Å². The van der Waals surface area contributed by atoms with Crippen molar-refractivity contribution in [2.75, 3.05) is 14.1 Å². The highest BCUT2D eigenvalue weighted by Gasteiger charge is 2.26. The van der Waals surface area contributed by atoms with Crippen LogP contribution in [0.15, 0.2) is 4.99 Å². The Morgan fingerprint density at radius 2 is 1.35 bits per heavy atom. The molecule has 0 atom stereocenters. The summed E-state index contributed by atoms with van der Waals surface area (Å²) in [4.78, 5) is 38.2. The van der Waals surface area contributed by atoms with Crippen molar-refractivity contribution >= 4 is 91.4 Å². The maximum atomic E-state index is 12.0. The first-order valence-corrected chi connectivity index (χ1v) is 8.36. The highest BCUT2D eigenvalue weighted by molar-refractivity contribution is 14.1. The molecule has 2 amide bonds. The van der Waals surface area contributed by atoms with E-state index in [9.17, 15) is 14.4 Å². The molecule has 0 aliphatic carbocycles.